The normalized spacial score (nSPS) is 19.3. The van der Waals surface area contributed by atoms with E-state index in [-0.39, 0.29) is 0 Å². The van der Waals surface area contributed by atoms with Gasteiger partial charge in [0.05, 0.1) is 6.10 Å². The molecule has 1 N–H and O–H groups in total. The standard InChI is InChI=1S/C15H22ClNOS/c1-11(2)17-9-13-14(16)6-3-7-15(13)19-10-12-5-4-8-18-12/h3,6-7,11-12,17H,4-5,8-10H2,1-2H3. The minimum absolute atomic E-state index is 0.412. The van der Waals surface area contributed by atoms with Crippen molar-refractivity contribution < 1.29 is 4.74 Å². The minimum Gasteiger partial charge on any atom is -0.377 e. The fourth-order valence-electron chi connectivity index (χ4n) is 2.11. The van der Waals surface area contributed by atoms with Gasteiger partial charge in [0, 0.05) is 34.9 Å². The summed E-state index contributed by atoms with van der Waals surface area (Å²) < 4.78 is 5.67. The van der Waals surface area contributed by atoms with Gasteiger partial charge in [-0.15, -0.1) is 11.8 Å². The van der Waals surface area contributed by atoms with Gasteiger partial charge >= 0.3 is 0 Å². The molecule has 0 spiro atoms. The molecule has 19 heavy (non-hydrogen) atoms. The summed E-state index contributed by atoms with van der Waals surface area (Å²) in [5.74, 6) is 1.02. The zero-order valence-corrected chi connectivity index (χ0v) is 13.2. The van der Waals surface area contributed by atoms with Crippen LogP contribution in [-0.2, 0) is 11.3 Å². The zero-order valence-electron chi connectivity index (χ0n) is 11.6. The van der Waals surface area contributed by atoms with Crippen molar-refractivity contribution >= 4 is 23.4 Å². The highest BCUT2D eigenvalue weighted by molar-refractivity contribution is 7.99. The lowest BCUT2D eigenvalue weighted by molar-refractivity contribution is 0.129. The molecule has 0 saturated carbocycles. The monoisotopic (exact) mass is 299 g/mol. The Morgan fingerprint density at radius 3 is 3.00 bits per heavy atom. The molecule has 1 aromatic carbocycles. The Morgan fingerprint density at radius 1 is 1.47 bits per heavy atom. The summed E-state index contributed by atoms with van der Waals surface area (Å²) in [7, 11) is 0. The fourth-order valence-corrected chi connectivity index (χ4v) is 3.57. The van der Waals surface area contributed by atoms with Crippen molar-refractivity contribution in [2.45, 2.75) is 50.3 Å². The molecule has 0 amide bonds. The maximum absolute atomic E-state index is 6.32. The second kappa shape index (κ2) is 7.53. The highest BCUT2D eigenvalue weighted by Gasteiger charge is 2.17. The van der Waals surface area contributed by atoms with Crippen molar-refractivity contribution in [2.75, 3.05) is 12.4 Å². The van der Waals surface area contributed by atoms with E-state index in [1.807, 2.05) is 23.9 Å². The Kier molecular flexibility index (Phi) is 6.02. The van der Waals surface area contributed by atoms with Gasteiger partial charge in [0.15, 0.2) is 0 Å². The maximum atomic E-state index is 6.32. The van der Waals surface area contributed by atoms with E-state index in [4.69, 9.17) is 16.3 Å². The van der Waals surface area contributed by atoms with Crippen LogP contribution in [0.4, 0.5) is 0 Å². The summed E-state index contributed by atoms with van der Waals surface area (Å²) in [6.07, 6.45) is 2.80. The van der Waals surface area contributed by atoms with E-state index in [1.54, 1.807) is 0 Å². The maximum Gasteiger partial charge on any atom is 0.0669 e. The predicted molar refractivity (Wildman–Crippen MR) is 83.1 cm³/mol. The third-order valence-electron chi connectivity index (χ3n) is 3.21. The molecule has 4 heteroatoms. The van der Waals surface area contributed by atoms with Gasteiger partial charge in [-0.25, -0.2) is 0 Å². The Bertz CT molecular complexity index is 405. The second-order valence-corrected chi connectivity index (χ2v) is 6.67. The Hall–Kier alpha value is -0.220. The van der Waals surface area contributed by atoms with Gasteiger partial charge in [-0.1, -0.05) is 31.5 Å². The highest BCUT2D eigenvalue weighted by atomic mass is 35.5. The molecule has 1 aromatic rings. The number of thioether (sulfide) groups is 1. The fraction of sp³-hybridized carbons (Fsp3) is 0.600. The first kappa shape index (κ1) is 15.2. The van der Waals surface area contributed by atoms with E-state index in [0.29, 0.717) is 12.1 Å². The lowest BCUT2D eigenvalue weighted by Crippen LogP contribution is -2.22. The Balaban J connectivity index is 1.99. The van der Waals surface area contributed by atoms with Crippen LogP contribution in [0.25, 0.3) is 0 Å². The number of hydrogen-bond acceptors (Lipinski definition) is 3. The van der Waals surface area contributed by atoms with E-state index in [1.165, 1.54) is 23.3 Å². The van der Waals surface area contributed by atoms with Gasteiger partial charge in [-0.05, 0) is 30.5 Å². The molecule has 1 atom stereocenters. The van der Waals surface area contributed by atoms with Crippen molar-refractivity contribution in [1.82, 2.24) is 5.32 Å². The van der Waals surface area contributed by atoms with Gasteiger partial charge in [0.1, 0.15) is 0 Å². The SMILES string of the molecule is CC(C)NCc1c(Cl)cccc1SCC1CCCO1. The molecule has 0 aliphatic carbocycles. The van der Waals surface area contributed by atoms with Gasteiger partial charge in [0.25, 0.3) is 0 Å². The van der Waals surface area contributed by atoms with Crippen molar-refractivity contribution in [2.24, 2.45) is 0 Å². The third-order valence-corrected chi connectivity index (χ3v) is 4.80. The second-order valence-electron chi connectivity index (χ2n) is 5.20. The average molecular weight is 300 g/mol. The van der Waals surface area contributed by atoms with Gasteiger partial charge in [-0.3, -0.25) is 0 Å². The lowest BCUT2D eigenvalue weighted by atomic mass is 10.2. The molecule has 1 fully saturated rings. The summed E-state index contributed by atoms with van der Waals surface area (Å²) in [5, 5.41) is 4.29. The van der Waals surface area contributed by atoms with Crippen LogP contribution in [0.15, 0.2) is 23.1 Å². The Labute approximate surface area is 125 Å². The first-order valence-corrected chi connectivity index (χ1v) is 8.28. The van der Waals surface area contributed by atoms with Crippen LogP contribution in [0.3, 0.4) is 0 Å². The molecule has 1 saturated heterocycles. The largest absolute Gasteiger partial charge is 0.377 e. The van der Waals surface area contributed by atoms with Crippen LogP contribution in [0.1, 0.15) is 32.3 Å². The minimum atomic E-state index is 0.412. The average Bonchev–Trinajstić information content (AvgIpc) is 2.88. The molecule has 1 aliphatic heterocycles. The summed E-state index contributed by atoms with van der Waals surface area (Å²) in [5.41, 5.74) is 1.21. The van der Waals surface area contributed by atoms with Crippen molar-refractivity contribution in [3.63, 3.8) is 0 Å². The number of ether oxygens (including phenoxy) is 1. The Morgan fingerprint density at radius 2 is 2.32 bits per heavy atom. The van der Waals surface area contributed by atoms with E-state index >= 15 is 0 Å². The zero-order chi connectivity index (χ0) is 13.7. The van der Waals surface area contributed by atoms with E-state index in [0.717, 1.165) is 23.9 Å². The third kappa shape index (κ3) is 4.67. The number of halogens is 1. The molecule has 2 nitrogen and oxygen atoms in total. The summed E-state index contributed by atoms with van der Waals surface area (Å²) >= 11 is 8.18. The molecule has 0 radical (unpaired) electrons. The van der Waals surface area contributed by atoms with Crippen LogP contribution < -0.4 is 5.32 Å². The van der Waals surface area contributed by atoms with Crippen LogP contribution in [0.2, 0.25) is 5.02 Å². The summed E-state index contributed by atoms with van der Waals surface area (Å²) in [6.45, 7) is 6.04. The molecular weight excluding hydrogens is 278 g/mol. The van der Waals surface area contributed by atoms with Gasteiger partial charge in [0.2, 0.25) is 0 Å². The van der Waals surface area contributed by atoms with Crippen LogP contribution >= 0.6 is 23.4 Å². The number of rotatable bonds is 6. The number of benzene rings is 1. The van der Waals surface area contributed by atoms with E-state index < -0.39 is 0 Å². The highest BCUT2D eigenvalue weighted by Crippen LogP contribution is 2.30. The molecule has 1 unspecified atom stereocenters. The smallest absolute Gasteiger partial charge is 0.0669 e. The molecule has 0 aromatic heterocycles. The summed E-state index contributed by atoms with van der Waals surface area (Å²) in [4.78, 5) is 1.27. The lowest BCUT2D eigenvalue weighted by Gasteiger charge is -2.15. The van der Waals surface area contributed by atoms with Crippen molar-refractivity contribution in [3.05, 3.63) is 28.8 Å². The van der Waals surface area contributed by atoms with E-state index in [9.17, 15) is 0 Å². The van der Waals surface area contributed by atoms with Gasteiger partial charge in [-0.2, -0.15) is 0 Å². The predicted octanol–water partition coefficient (Wildman–Crippen LogP) is 4.11. The summed E-state index contributed by atoms with van der Waals surface area (Å²) in [6, 6.07) is 6.61. The van der Waals surface area contributed by atoms with Crippen molar-refractivity contribution in [3.8, 4) is 0 Å². The number of hydrogen-bond donors (Lipinski definition) is 1. The van der Waals surface area contributed by atoms with Crippen molar-refractivity contribution in [1.29, 1.82) is 0 Å². The van der Waals surface area contributed by atoms with Crippen LogP contribution in [0, 0.1) is 0 Å². The molecule has 2 rings (SSSR count). The van der Waals surface area contributed by atoms with E-state index in [2.05, 4.69) is 25.2 Å². The number of nitrogens with one attached hydrogen (secondary N) is 1. The van der Waals surface area contributed by atoms with Crippen LogP contribution in [-0.4, -0.2) is 24.5 Å². The molecule has 106 valence electrons. The molecule has 1 heterocycles. The molecule has 0 bridgehead atoms. The van der Waals surface area contributed by atoms with Crippen LogP contribution in [0.5, 0.6) is 0 Å². The topological polar surface area (TPSA) is 21.3 Å². The molecule has 1 aliphatic rings. The molecular formula is C15H22ClNOS. The van der Waals surface area contributed by atoms with Gasteiger partial charge < -0.3 is 10.1 Å². The first-order chi connectivity index (χ1) is 9.16. The first-order valence-electron chi connectivity index (χ1n) is 6.92. The quantitative estimate of drug-likeness (QED) is 0.799.